The number of thiocarbonyl (C=S) groups is 1. The van der Waals surface area contributed by atoms with Crippen LogP contribution in [0, 0.1) is 0 Å². The van der Waals surface area contributed by atoms with E-state index in [1.807, 2.05) is 48.5 Å². The normalized spacial score (nSPS) is 15.1. The molecule has 1 fully saturated rings. The van der Waals surface area contributed by atoms with Crippen LogP contribution in [-0.4, -0.2) is 34.8 Å². The quantitative estimate of drug-likeness (QED) is 0.315. The summed E-state index contributed by atoms with van der Waals surface area (Å²) in [6.07, 6.45) is 1.90. The van der Waals surface area contributed by atoms with Gasteiger partial charge in [0.05, 0.1) is 18.4 Å². The zero-order valence-corrected chi connectivity index (χ0v) is 18.8. The summed E-state index contributed by atoms with van der Waals surface area (Å²) in [4.78, 5) is 25.8. The topological polar surface area (TPSA) is 55.8 Å². The Labute approximate surface area is 187 Å². The highest BCUT2D eigenvalue weighted by Gasteiger charge is 2.32. The second-order valence-electron chi connectivity index (χ2n) is 6.15. The van der Waals surface area contributed by atoms with Crippen LogP contribution in [0.25, 0.3) is 6.08 Å². The van der Waals surface area contributed by atoms with Crippen LogP contribution in [0.3, 0.4) is 0 Å². The highest BCUT2D eigenvalue weighted by Crippen LogP contribution is 2.32. The molecule has 0 bridgehead atoms. The number of halogens is 1. The van der Waals surface area contributed by atoms with Crippen molar-refractivity contribution in [1.29, 1.82) is 0 Å². The van der Waals surface area contributed by atoms with Gasteiger partial charge in [-0.1, -0.05) is 64.2 Å². The molecule has 1 saturated heterocycles. The average molecular weight is 492 g/mol. The van der Waals surface area contributed by atoms with E-state index in [2.05, 4.69) is 20.7 Å². The van der Waals surface area contributed by atoms with Crippen LogP contribution in [0.1, 0.15) is 17.5 Å². The number of benzene rings is 2. The summed E-state index contributed by atoms with van der Waals surface area (Å²) in [5.41, 5.74) is 1.94. The molecule has 1 aliphatic heterocycles. The van der Waals surface area contributed by atoms with Gasteiger partial charge in [0.15, 0.2) is 0 Å². The van der Waals surface area contributed by atoms with Gasteiger partial charge in [-0.05, 0) is 41.5 Å². The van der Waals surface area contributed by atoms with Crippen LogP contribution in [-0.2, 0) is 20.9 Å². The van der Waals surface area contributed by atoms with Gasteiger partial charge in [-0.2, -0.15) is 0 Å². The van der Waals surface area contributed by atoms with Gasteiger partial charge in [0.2, 0.25) is 0 Å². The molecule has 8 heteroatoms. The summed E-state index contributed by atoms with van der Waals surface area (Å²) in [5, 5.41) is 0. The van der Waals surface area contributed by atoms with E-state index in [1.165, 1.54) is 23.8 Å². The average Bonchev–Trinajstić information content (AvgIpc) is 2.98. The molecule has 0 aromatic heterocycles. The van der Waals surface area contributed by atoms with Crippen LogP contribution in [0.4, 0.5) is 0 Å². The fourth-order valence-electron chi connectivity index (χ4n) is 2.60. The Balaban J connectivity index is 1.61. The van der Waals surface area contributed by atoms with E-state index in [9.17, 15) is 9.59 Å². The minimum atomic E-state index is -0.374. The maximum Gasteiger partial charge on any atom is 0.307 e. The number of carbonyl (C=O) groups excluding carboxylic acids is 2. The SMILES string of the molecule is COC(=O)CCN1C(=O)/C(=C\c2ccc(OCc3cccc(Br)c3)cc2)SC1=S. The number of nitrogens with zero attached hydrogens (tertiary/aromatic N) is 1. The monoisotopic (exact) mass is 491 g/mol. The molecule has 3 rings (SSSR count). The maximum atomic E-state index is 12.5. The third kappa shape index (κ3) is 5.91. The lowest BCUT2D eigenvalue weighted by Crippen LogP contribution is -2.30. The molecule has 29 heavy (non-hydrogen) atoms. The number of thioether (sulfide) groups is 1. The lowest BCUT2D eigenvalue weighted by atomic mass is 10.2. The zero-order valence-electron chi connectivity index (χ0n) is 15.6. The number of hydrogen-bond donors (Lipinski definition) is 0. The molecule has 0 radical (unpaired) electrons. The molecule has 1 heterocycles. The Morgan fingerprint density at radius 3 is 2.69 bits per heavy atom. The minimum absolute atomic E-state index is 0.111. The predicted molar refractivity (Wildman–Crippen MR) is 121 cm³/mol. The van der Waals surface area contributed by atoms with Crippen LogP contribution in [0.2, 0.25) is 0 Å². The molecule has 2 aromatic carbocycles. The Kier molecular flexibility index (Phi) is 7.46. The van der Waals surface area contributed by atoms with E-state index >= 15 is 0 Å². The van der Waals surface area contributed by atoms with Gasteiger partial charge in [0.25, 0.3) is 5.91 Å². The van der Waals surface area contributed by atoms with E-state index in [4.69, 9.17) is 17.0 Å². The van der Waals surface area contributed by atoms with Gasteiger partial charge in [0, 0.05) is 11.0 Å². The fourth-order valence-corrected chi connectivity index (χ4v) is 4.36. The van der Waals surface area contributed by atoms with Crippen molar-refractivity contribution in [3.05, 3.63) is 69.0 Å². The van der Waals surface area contributed by atoms with Gasteiger partial charge < -0.3 is 9.47 Å². The van der Waals surface area contributed by atoms with Crippen molar-refractivity contribution < 1.29 is 19.1 Å². The van der Waals surface area contributed by atoms with Crippen molar-refractivity contribution >= 4 is 62.2 Å². The number of ether oxygens (including phenoxy) is 2. The first-order valence-corrected chi connectivity index (χ1v) is 10.8. The summed E-state index contributed by atoms with van der Waals surface area (Å²) in [6.45, 7) is 0.689. The molecule has 1 amide bonds. The summed E-state index contributed by atoms with van der Waals surface area (Å²) >= 11 is 9.94. The first-order chi connectivity index (χ1) is 14.0. The van der Waals surface area contributed by atoms with Crippen molar-refractivity contribution in [2.75, 3.05) is 13.7 Å². The van der Waals surface area contributed by atoms with Crippen LogP contribution in [0.5, 0.6) is 5.75 Å². The van der Waals surface area contributed by atoms with Crippen molar-refractivity contribution in [2.24, 2.45) is 0 Å². The molecule has 1 aliphatic rings. The predicted octanol–water partition coefficient (Wildman–Crippen LogP) is 4.79. The molecule has 150 valence electrons. The maximum absolute atomic E-state index is 12.5. The summed E-state index contributed by atoms with van der Waals surface area (Å²) in [5.74, 6) is 0.174. The summed E-state index contributed by atoms with van der Waals surface area (Å²) < 4.78 is 11.9. The lowest BCUT2D eigenvalue weighted by molar-refractivity contribution is -0.140. The summed E-state index contributed by atoms with van der Waals surface area (Å²) in [7, 11) is 1.32. The third-order valence-corrected chi connectivity index (χ3v) is 5.98. The second-order valence-corrected chi connectivity index (χ2v) is 8.74. The zero-order chi connectivity index (χ0) is 20.8. The first-order valence-electron chi connectivity index (χ1n) is 8.76. The van der Waals surface area contributed by atoms with Crippen LogP contribution < -0.4 is 4.74 Å². The number of methoxy groups -OCH3 is 1. The van der Waals surface area contributed by atoms with E-state index in [1.54, 1.807) is 6.08 Å². The number of esters is 1. The highest BCUT2D eigenvalue weighted by molar-refractivity contribution is 9.10. The molecule has 0 spiro atoms. The molecule has 0 aliphatic carbocycles. The lowest BCUT2D eigenvalue weighted by Gasteiger charge is -2.12. The molecular weight excluding hydrogens is 474 g/mol. The van der Waals surface area contributed by atoms with Crippen molar-refractivity contribution in [3.8, 4) is 5.75 Å². The van der Waals surface area contributed by atoms with Gasteiger partial charge in [0.1, 0.15) is 16.7 Å². The van der Waals surface area contributed by atoms with Crippen molar-refractivity contribution in [2.45, 2.75) is 13.0 Å². The first kappa shape index (κ1) is 21.5. The van der Waals surface area contributed by atoms with Crippen molar-refractivity contribution in [1.82, 2.24) is 4.90 Å². The number of amides is 1. The Hall–Kier alpha value is -2.16. The summed E-state index contributed by atoms with van der Waals surface area (Å²) in [6, 6.07) is 15.4. The van der Waals surface area contributed by atoms with Crippen LogP contribution in [0.15, 0.2) is 57.9 Å². The minimum Gasteiger partial charge on any atom is -0.489 e. The van der Waals surface area contributed by atoms with Gasteiger partial charge in [-0.15, -0.1) is 0 Å². The molecule has 0 N–H and O–H groups in total. The van der Waals surface area contributed by atoms with E-state index in [0.29, 0.717) is 15.8 Å². The molecule has 0 saturated carbocycles. The number of rotatable bonds is 7. The largest absolute Gasteiger partial charge is 0.489 e. The Morgan fingerprint density at radius 1 is 1.24 bits per heavy atom. The van der Waals surface area contributed by atoms with Crippen LogP contribution >= 0.6 is 39.9 Å². The van der Waals surface area contributed by atoms with Gasteiger partial charge in [-0.3, -0.25) is 14.5 Å². The molecule has 0 atom stereocenters. The van der Waals surface area contributed by atoms with E-state index in [-0.39, 0.29) is 24.8 Å². The number of hydrogen-bond acceptors (Lipinski definition) is 6. The van der Waals surface area contributed by atoms with E-state index in [0.717, 1.165) is 21.3 Å². The molecule has 2 aromatic rings. The van der Waals surface area contributed by atoms with Crippen molar-refractivity contribution in [3.63, 3.8) is 0 Å². The van der Waals surface area contributed by atoms with Gasteiger partial charge >= 0.3 is 5.97 Å². The second kappa shape index (κ2) is 10.0. The molecule has 5 nitrogen and oxygen atoms in total. The fraction of sp³-hybridized carbons (Fsp3) is 0.190. The highest BCUT2D eigenvalue weighted by atomic mass is 79.9. The smallest absolute Gasteiger partial charge is 0.307 e. The number of carbonyl (C=O) groups is 2. The Morgan fingerprint density at radius 2 is 2.00 bits per heavy atom. The molecular formula is C21H18BrNO4S2. The van der Waals surface area contributed by atoms with E-state index < -0.39 is 0 Å². The Bertz CT molecular complexity index is 959. The molecule has 0 unspecified atom stereocenters. The third-order valence-electron chi connectivity index (χ3n) is 4.11. The standard InChI is InChI=1S/C21H18BrNO4S2/c1-26-19(24)9-10-23-20(25)18(29-21(23)28)12-14-5-7-17(8-6-14)27-13-15-3-2-4-16(22)11-15/h2-8,11-12H,9-10,13H2,1H3/b18-12+. The van der Waals surface area contributed by atoms with Gasteiger partial charge in [-0.25, -0.2) is 0 Å².